The molecule has 0 fully saturated rings. The molecule has 0 amide bonds. The fourth-order valence-corrected chi connectivity index (χ4v) is 4.48. The van der Waals surface area contributed by atoms with Crippen LogP contribution in [0.1, 0.15) is 36.0 Å². The zero-order chi connectivity index (χ0) is 21.8. The second kappa shape index (κ2) is 8.77. The molecule has 0 aliphatic heterocycles. The molecule has 0 heterocycles. The summed E-state index contributed by atoms with van der Waals surface area (Å²) in [6, 6.07) is 23.1. The van der Waals surface area contributed by atoms with Crippen molar-refractivity contribution in [2.45, 2.75) is 24.7 Å². The van der Waals surface area contributed by atoms with Gasteiger partial charge in [0.05, 0.1) is 5.75 Å². The quantitative estimate of drug-likeness (QED) is 0.188. The van der Waals surface area contributed by atoms with Crippen LogP contribution < -0.4 is 17.2 Å². The Morgan fingerprint density at radius 3 is 1.27 bits per heavy atom. The minimum Gasteiger partial charge on any atom is -0.399 e. The lowest BCUT2D eigenvalue weighted by atomic mass is 9.66. The summed E-state index contributed by atoms with van der Waals surface area (Å²) in [6.45, 7) is 0. The molecular weight excluding hydrogens is 398 g/mol. The maximum absolute atomic E-state index is 11.2. The monoisotopic (exact) mass is 425 g/mol. The number of benzene rings is 3. The third-order valence-electron chi connectivity index (χ3n) is 5.41. The van der Waals surface area contributed by atoms with Gasteiger partial charge in [-0.25, -0.2) is 0 Å². The van der Waals surface area contributed by atoms with Gasteiger partial charge in [-0.05, 0) is 65.9 Å². The molecule has 0 aliphatic carbocycles. The molecule has 0 aliphatic rings. The summed E-state index contributed by atoms with van der Waals surface area (Å²) < 4.78 is 31.5. The zero-order valence-corrected chi connectivity index (χ0v) is 17.5. The SMILES string of the molecule is Nc1ccc(C(CCCCS(=O)(=O)O)(c2ccc(N)cc2)c2ccc(N)cc2)cc1. The van der Waals surface area contributed by atoms with Crippen molar-refractivity contribution in [3.63, 3.8) is 0 Å². The van der Waals surface area contributed by atoms with Crippen LogP contribution in [0.15, 0.2) is 72.8 Å². The van der Waals surface area contributed by atoms with Crippen LogP contribution in [0.4, 0.5) is 17.1 Å². The second-order valence-corrected chi connectivity index (χ2v) is 9.09. The summed E-state index contributed by atoms with van der Waals surface area (Å²) in [4.78, 5) is 0. The minimum absolute atomic E-state index is 0.270. The average molecular weight is 426 g/mol. The average Bonchev–Trinajstić information content (AvgIpc) is 2.70. The van der Waals surface area contributed by atoms with E-state index in [-0.39, 0.29) is 5.75 Å². The molecule has 0 unspecified atom stereocenters. The lowest BCUT2D eigenvalue weighted by molar-refractivity contribution is 0.474. The molecule has 0 aromatic heterocycles. The Labute approximate surface area is 177 Å². The van der Waals surface area contributed by atoms with E-state index in [0.717, 1.165) is 16.7 Å². The van der Waals surface area contributed by atoms with Gasteiger partial charge < -0.3 is 17.2 Å². The van der Waals surface area contributed by atoms with Crippen molar-refractivity contribution in [2.75, 3.05) is 23.0 Å². The van der Waals surface area contributed by atoms with Crippen molar-refractivity contribution in [1.82, 2.24) is 0 Å². The van der Waals surface area contributed by atoms with Crippen LogP contribution in [-0.4, -0.2) is 18.7 Å². The van der Waals surface area contributed by atoms with E-state index in [0.29, 0.717) is 36.3 Å². The molecule has 3 rings (SSSR count). The maximum atomic E-state index is 11.2. The van der Waals surface area contributed by atoms with Gasteiger partial charge in [-0.3, -0.25) is 4.55 Å². The Bertz CT molecular complexity index is 967. The first-order valence-corrected chi connectivity index (χ1v) is 11.3. The Morgan fingerprint density at radius 1 is 0.633 bits per heavy atom. The fraction of sp³-hybridized carbons (Fsp3) is 0.217. The van der Waals surface area contributed by atoms with Gasteiger partial charge in [0.25, 0.3) is 10.1 Å². The predicted molar refractivity (Wildman–Crippen MR) is 123 cm³/mol. The molecule has 6 nitrogen and oxygen atoms in total. The van der Waals surface area contributed by atoms with E-state index in [4.69, 9.17) is 21.8 Å². The first-order chi connectivity index (χ1) is 14.2. The number of unbranched alkanes of at least 4 members (excludes halogenated alkanes) is 1. The van der Waals surface area contributed by atoms with Crippen LogP contribution in [0.25, 0.3) is 0 Å². The molecule has 0 radical (unpaired) electrons. The van der Waals surface area contributed by atoms with Crippen molar-refractivity contribution in [2.24, 2.45) is 0 Å². The number of anilines is 3. The molecule has 7 N–H and O–H groups in total. The minimum atomic E-state index is -4.00. The third kappa shape index (κ3) is 4.93. The van der Waals surface area contributed by atoms with Crippen LogP contribution in [0, 0.1) is 0 Å². The number of nitrogens with two attached hydrogens (primary N) is 3. The summed E-state index contributed by atoms with van der Waals surface area (Å²) in [5, 5.41) is 0. The molecule has 0 saturated heterocycles. The topological polar surface area (TPSA) is 132 Å². The van der Waals surface area contributed by atoms with Crippen molar-refractivity contribution in [3.05, 3.63) is 89.5 Å². The Hall–Kier alpha value is -3.03. The number of nitrogen functional groups attached to an aromatic ring is 3. The highest BCUT2D eigenvalue weighted by molar-refractivity contribution is 7.85. The molecule has 3 aromatic carbocycles. The van der Waals surface area contributed by atoms with E-state index in [2.05, 4.69) is 0 Å². The second-order valence-electron chi connectivity index (χ2n) is 7.51. The van der Waals surface area contributed by atoms with E-state index in [1.165, 1.54) is 0 Å². The lowest BCUT2D eigenvalue weighted by Crippen LogP contribution is -2.30. The van der Waals surface area contributed by atoms with Crippen LogP contribution in [0.2, 0.25) is 0 Å². The molecule has 0 bridgehead atoms. The fourth-order valence-electron chi connectivity index (χ4n) is 3.91. The van der Waals surface area contributed by atoms with Crippen molar-refractivity contribution < 1.29 is 13.0 Å². The van der Waals surface area contributed by atoms with Crippen molar-refractivity contribution in [1.29, 1.82) is 0 Å². The first kappa shape index (κ1) is 21.7. The highest BCUT2D eigenvalue weighted by atomic mass is 32.2. The number of hydrogen-bond acceptors (Lipinski definition) is 5. The summed E-state index contributed by atoms with van der Waals surface area (Å²) >= 11 is 0. The zero-order valence-electron chi connectivity index (χ0n) is 16.7. The van der Waals surface area contributed by atoms with Crippen LogP contribution in [0.5, 0.6) is 0 Å². The van der Waals surface area contributed by atoms with Crippen molar-refractivity contribution in [3.8, 4) is 0 Å². The van der Waals surface area contributed by atoms with Crippen LogP contribution >= 0.6 is 0 Å². The van der Waals surface area contributed by atoms with Crippen LogP contribution in [-0.2, 0) is 15.5 Å². The summed E-state index contributed by atoms with van der Waals surface area (Å²) in [6.07, 6.45) is 1.55. The van der Waals surface area contributed by atoms with Crippen molar-refractivity contribution >= 4 is 27.2 Å². The highest BCUT2D eigenvalue weighted by Crippen LogP contribution is 2.44. The molecular formula is C23H27N3O3S. The summed E-state index contributed by atoms with van der Waals surface area (Å²) in [5.74, 6) is -0.270. The van der Waals surface area contributed by atoms with Gasteiger partial charge in [0.2, 0.25) is 0 Å². The van der Waals surface area contributed by atoms with Gasteiger partial charge in [-0.1, -0.05) is 42.8 Å². The molecule has 7 heteroatoms. The summed E-state index contributed by atoms with van der Waals surface area (Å²) in [7, 11) is -4.00. The van der Waals surface area contributed by atoms with Gasteiger partial charge in [0.1, 0.15) is 0 Å². The molecule has 0 atom stereocenters. The first-order valence-electron chi connectivity index (χ1n) is 9.74. The molecule has 0 spiro atoms. The van der Waals surface area contributed by atoms with E-state index in [1.807, 2.05) is 72.8 Å². The van der Waals surface area contributed by atoms with Gasteiger partial charge in [-0.15, -0.1) is 0 Å². The van der Waals surface area contributed by atoms with Gasteiger partial charge >= 0.3 is 0 Å². The number of rotatable bonds is 8. The third-order valence-corrected chi connectivity index (χ3v) is 6.22. The molecule has 158 valence electrons. The van der Waals surface area contributed by atoms with Gasteiger partial charge in [0.15, 0.2) is 0 Å². The summed E-state index contributed by atoms with van der Waals surface area (Å²) in [5.41, 5.74) is 22.3. The smallest absolute Gasteiger partial charge is 0.264 e. The van der Waals surface area contributed by atoms with E-state index < -0.39 is 15.5 Å². The predicted octanol–water partition coefficient (Wildman–Crippen LogP) is 3.83. The Balaban J connectivity index is 2.15. The molecule has 30 heavy (non-hydrogen) atoms. The lowest BCUT2D eigenvalue weighted by Gasteiger charge is -2.36. The number of hydrogen-bond donors (Lipinski definition) is 4. The Morgan fingerprint density at radius 2 is 0.967 bits per heavy atom. The maximum Gasteiger partial charge on any atom is 0.264 e. The van der Waals surface area contributed by atoms with Gasteiger partial charge in [-0.2, -0.15) is 8.42 Å². The Kier molecular flexibility index (Phi) is 6.34. The van der Waals surface area contributed by atoms with E-state index in [9.17, 15) is 8.42 Å². The molecule has 0 saturated carbocycles. The highest BCUT2D eigenvalue weighted by Gasteiger charge is 2.36. The standard InChI is InChI=1S/C23H27N3O3S/c24-20-9-3-17(4-10-20)23(15-1-2-16-30(27,28)29,18-5-11-21(25)12-6-18)19-7-13-22(26)14-8-19/h3-14H,1-2,15-16,24-26H2,(H,27,28,29). The largest absolute Gasteiger partial charge is 0.399 e. The van der Waals surface area contributed by atoms with Gasteiger partial charge in [0, 0.05) is 22.5 Å². The van der Waals surface area contributed by atoms with E-state index >= 15 is 0 Å². The normalized spacial score (nSPS) is 12.0. The van der Waals surface area contributed by atoms with E-state index in [1.54, 1.807) is 0 Å². The molecule has 3 aromatic rings. The van der Waals surface area contributed by atoms with Crippen LogP contribution in [0.3, 0.4) is 0 Å².